The van der Waals surface area contributed by atoms with E-state index in [1.807, 2.05) is 18.2 Å². The van der Waals surface area contributed by atoms with Crippen molar-refractivity contribution in [1.29, 1.82) is 0 Å². The summed E-state index contributed by atoms with van der Waals surface area (Å²) in [5, 5.41) is 8.34. The number of carbonyl (C=O) groups excluding carboxylic acids is 3. The predicted molar refractivity (Wildman–Crippen MR) is 136 cm³/mol. The number of imide groups is 1. The molecule has 3 amide bonds. The summed E-state index contributed by atoms with van der Waals surface area (Å²) < 4.78 is 11.6. The van der Waals surface area contributed by atoms with Crippen molar-refractivity contribution in [2.45, 2.75) is 38.1 Å². The van der Waals surface area contributed by atoms with E-state index in [1.165, 1.54) is 10.5 Å². The van der Waals surface area contributed by atoms with Crippen LogP contribution >= 0.6 is 0 Å². The molecular weight excluding hydrogens is 481 g/mol. The molecule has 202 valence electrons. The van der Waals surface area contributed by atoms with Crippen LogP contribution in [0.3, 0.4) is 0 Å². The Kier molecular flexibility index (Phi) is 10.6. The van der Waals surface area contributed by atoms with Crippen LogP contribution in [0.2, 0.25) is 0 Å². The maximum Gasteiger partial charge on any atom is 0.359 e. The van der Waals surface area contributed by atoms with Crippen LogP contribution in [-0.4, -0.2) is 73.0 Å². The molecule has 1 heterocycles. The average Bonchev–Trinajstić information content (AvgIpc) is 2.90. The fraction of sp³-hybridized carbons (Fsp3) is 0.500. The number of rotatable bonds is 11. The van der Waals surface area contributed by atoms with E-state index in [4.69, 9.17) is 5.73 Å². The Labute approximate surface area is 216 Å². The van der Waals surface area contributed by atoms with Gasteiger partial charge < -0.3 is 16.4 Å². The van der Waals surface area contributed by atoms with Crippen molar-refractivity contribution < 1.29 is 28.9 Å². The van der Waals surface area contributed by atoms with E-state index in [0.29, 0.717) is 39.0 Å². The lowest BCUT2D eigenvalue weighted by molar-refractivity contribution is -0.398. The summed E-state index contributed by atoms with van der Waals surface area (Å²) in [5.74, 6) is -1.42. The minimum absolute atomic E-state index is 0.115. The van der Waals surface area contributed by atoms with Gasteiger partial charge in [0.2, 0.25) is 5.91 Å². The lowest BCUT2D eigenvalue weighted by atomic mass is 9.70. The van der Waals surface area contributed by atoms with Gasteiger partial charge in [0, 0.05) is 43.2 Å². The molecule has 0 bridgehead atoms. The number of piperidine rings is 1. The third-order valence-electron chi connectivity index (χ3n) is 6.94. The zero-order valence-electron chi connectivity index (χ0n) is 21.2. The summed E-state index contributed by atoms with van der Waals surface area (Å²) in [6.45, 7) is 7.42. The van der Waals surface area contributed by atoms with Gasteiger partial charge in [-0.1, -0.05) is 30.3 Å². The molecule has 1 aliphatic heterocycles. The maximum absolute atomic E-state index is 13.8. The molecule has 2 aliphatic rings. The van der Waals surface area contributed by atoms with Gasteiger partial charge in [-0.05, 0) is 60.2 Å². The molecule has 37 heavy (non-hydrogen) atoms. The van der Waals surface area contributed by atoms with Crippen molar-refractivity contribution in [2.24, 2.45) is 11.7 Å². The molecule has 1 aromatic carbocycles. The van der Waals surface area contributed by atoms with Gasteiger partial charge in [0.25, 0.3) is 0 Å². The Balaban J connectivity index is 1.76. The van der Waals surface area contributed by atoms with Crippen molar-refractivity contribution in [3.05, 3.63) is 54.2 Å². The maximum atomic E-state index is 13.8. The van der Waals surface area contributed by atoms with Gasteiger partial charge in [0.1, 0.15) is 0 Å². The normalized spacial score (nSPS) is 22.0. The topological polar surface area (TPSA) is 126 Å². The number of nitrogens with two attached hydrogens (primary N) is 1. The van der Waals surface area contributed by atoms with Crippen molar-refractivity contribution in [3.8, 4) is 0 Å². The van der Waals surface area contributed by atoms with Crippen LogP contribution in [0.1, 0.15) is 43.2 Å². The number of nitrogens with zero attached hydrogens (tertiary/aromatic N) is 2. The zero-order valence-corrected chi connectivity index (χ0v) is 21.2. The first-order valence-corrected chi connectivity index (χ1v) is 12.6. The van der Waals surface area contributed by atoms with Gasteiger partial charge in [0.15, 0.2) is 0 Å². The largest absolute Gasteiger partial charge is 0.404 e. The van der Waals surface area contributed by atoms with Gasteiger partial charge in [-0.2, -0.15) is 0 Å². The van der Waals surface area contributed by atoms with Gasteiger partial charge in [-0.3, -0.25) is 19.5 Å². The third kappa shape index (κ3) is 6.94. The van der Waals surface area contributed by atoms with E-state index < -0.39 is 12.0 Å². The molecule has 3 atom stereocenters. The summed E-state index contributed by atoms with van der Waals surface area (Å²) in [6, 6.07) is 7.89. The van der Waals surface area contributed by atoms with Crippen LogP contribution in [0.4, 0.5) is 9.32 Å². The van der Waals surface area contributed by atoms with Crippen LogP contribution < -0.4 is 16.4 Å². The number of fused-ring (bicyclic) bond motifs is 3. The van der Waals surface area contributed by atoms with E-state index in [9.17, 15) is 18.9 Å². The molecule has 1 saturated heterocycles. The second kappa shape index (κ2) is 13.9. The summed E-state index contributed by atoms with van der Waals surface area (Å²) >= 11 is 0. The highest BCUT2D eigenvalue weighted by atomic mass is 19.3. The summed E-state index contributed by atoms with van der Waals surface area (Å²) in [5.41, 5.74) is 9.35. The minimum Gasteiger partial charge on any atom is -0.404 e. The van der Waals surface area contributed by atoms with Gasteiger partial charge in [0.05, 0.1) is 12.5 Å². The van der Waals surface area contributed by atoms with Crippen molar-refractivity contribution in [1.82, 2.24) is 20.4 Å². The first kappa shape index (κ1) is 28.3. The molecule has 1 aliphatic carbocycles. The minimum atomic E-state index is -0.918. The fourth-order valence-corrected chi connectivity index (χ4v) is 5.37. The highest BCUT2D eigenvalue weighted by Gasteiger charge is 2.44. The summed E-state index contributed by atoms with van der Waals surface area (Å²) in [6.07, 6.45) is 5.31. The van der Waals surface area contributed by atoms with Crippen LogP contribution in [0, 0.1) is 5.92 Å². The number of nitrogens with one attached hydrogen (secondary N) is 2. The fourth-order valence-electron chi connectivity index (χ4n) is 5.37. The van der Waals surface area contributed by atoms with Gasteiger partial charge in [-0.15, -0.1) is 6.58 Å². The summed E-state index contributed by atoms with van der Waals surface area (Å²) in [4.78, 5) is 45.0. The molecule has 10 nitrogen and oxygen atoms in total. The second-order valence-corrected chi connectivity index (χ2v) is 9.21. The van der Waals surface area contributed by atoms with E-state index in [0.717, 1.165) is 17.6 Å². The number of hydrogen-bond acceptors (Lipinski definition) is 8. The lowest BCUT2D eigenvalue weighted by Gasteiger charge is -2.48. The second-order valence-electron chi connectivity index (χ2n) is 9.21. The average molecular weight is 518 g/mol. The number of urea groups is 1. The molecule has 0 aromatic heterocycles. The van der Waals surface area contributed by atoms with Crippen molar-refractivity contribution in [2.75, 3.05) is 39.3 Å². The van der Waals surface area contributed by atoms with E-state index in [2.05, 4.69) is 44.2 Å². The van der Waals surface area contributed by atoms with E-state index in [-0.39, 0.29) is 36.9 Å². The molecule has 0 radical (unpaired) electrons. The smallest absolute Gasteiger partial charge is 0.359 e. The lowest BCUT2D eigenvalue weighted by Crippen LogP contribution is -2.55. The zero-order chi connectivity index (χ0) is 26.8. The SMILES string of the molecule is C=CCN1C[C@H](C(=O)N(CCCNCC(=O)OOF)C(=O)NCC)CC2c3ccccc3/C(=C\N)CC21. The number of likely N-dealkylation sites (tertiary alicyclic amines) is 1. The number of hydrogen-bond donors (Lipinski definition) is 3. The first-order chi connectivity index (χ1) is 17.9. The predicted octanol–water partition coefficient (Wildman–Crippen LogP) is 2.25. The molecule has 2 unspecified atom stereocenters. The van der Waals surface area contributed by atoms with Crippen molar-refractivity contribution in [3.63, 3.8) is 0 Å². The van der Waals surface area contributed by atoms with Crippen molar-refractivity contribution >= 4 is 23.5 Å². The Morgan fingerprint density at radius 3 is 2.81 bits per heavy atom. The number of carbonyl (C=O) groups is 3. The highest BCUT2D eigenvalue weighted by molar-refractivity contribution is 5.95. The van der Waals surface area contributed by atoms with E-state index in [1.54, 1.807) is 13.1 Å². The number of halogens is 1. The Morgan fingerprint density at radius 2 is 2.11 bits per heavy atom. The first-order valence-electron chi connectivity index (χ1n) is 12.6. The molecule has 1 fully saturated rings. The molecule has 11 heteroatoms. The van der Waals surface area contributed by atoms with Gasteiger partial charge in [-0.25, -0.2) is 9.59 Å². The molecule has 0 saturated carbocycles. The van der Waals surface area contributed by atoms with Crippen LogP contribution in [0.15, 0.2) is 43.1 Å². The molecule has 0 spiro atoms. The standard InChI is InChI=1S/C26H36FN5O5/c1-3-11-31-17-19(13-22-21-9-6-5-8-20(21)18(15-28)14-23(22)31)25(34)32(26(35)30-4-2)12-7-10-29-16-24(33)36-37-27/h3,5-6,8-9,15,19,22-23,29H,1,4,7,10-14,16-17,28H2,2H3,(H,30,35)/b18-15-/t19-,22?,23?/m1/s1. The third-order valence-corrected chi connectivity index (χ3v) is 6.94. The van der Waals surface area contributed by atoms with E-state index >= 15 is 0 Å². The van der Waals surface area contributed by atoms with Crippen LogP contribution in [0.25, 0.3) is 5.57 Å². The summed E-state index contributed by atoms with van der Waals surface area (Å²) in [7, 11) is 0. The molecular formula is C26H36FN5O5. The van der Waals surface area contributed by atoms with Gasteiger partial charge >= 0.3 is 12.0 Å². The quantitative estimate of drug-likeness (QED) is 0.177. The number of amides is 3. The highest BCUT2D eigenvalue weighted by Crippen LogP contribution is 2.46. The Hall–Kier alpha value is -3.28. The number of benzene rings is 1. The van der Waals surface area contributed by atoms with Crippen LogP contribution in [0.5, 0.6) is 0 Å². The molecule has 4 N–H and O–H groups in total. The molecule has 1 aromatic rings. The molecule has 3 rings (SSSR count). The monoisotopic (exact) mass is 517 g/mol. The Bertz CT molecular complexity index is 1000. The Morgan fingerprint density at radius 1 is 1.32 bits per heavy atom. The van der Waals surface area contributed by atoms with Crippen LogP contribution in [-0.2, 0) is 19.6 Å².